The molecular weight excluding hydrogens is 486 g/mol. The first-order chi connectivity index (χ1) is 16.9. The number of pyridine rings is 1. The number of hydrogen-bond acceptors (Lipinski definition) is 6. The minimum atomic E-state index is -4.10. The van der Waals surface area contributed by atoms with Crippen molar-refractivity contribution >= 4 is 43.9 Å². The van der Waals surface area contributed by atoms with E-state index < -0.39 is 10.0 Å². The summed E-state index contributed by atoms with van der Waals surface area (Å²) in [4.78, 5) is 4.18. The molecule has 0 atom stereocenters. The number of rotatable bonds is 6. The van der Waals surface area contributed by atoms with Gasteiger partial charge in [0.1, 0.15) is 17.7 Å². The largest absolute Gasteiger partial charge is 0.495 e. The quantitative estimate of drug-likeness (QED) is 0.266. The van der Waals surface area contributed by atoms with Gasteiger partial charge in [0.25, 0.3) is 10.0 Å². The highest BCUT2D eigenvalue weighted by Gasteiger charge is 2.31. The Morgan fingerprint density at radius 2 is 1.74 bits per heavy atom. The van der Waals surface area contributed by atoms with Gasteiger partial charge in [-0.25, -0.2) is 12.7 Å². The number of anilines is 2. The summed E-state index contributed by atoms with van der Waals surface area (Å²) in [5, 5.41) is 6.17. The molecule has 3 aromatic carbocycles. The molecule has 0 saturated carbocycles. The smallest absolute Gasteiger partial charge is 0.270 e. The monoisotopic (exact) mass is 505 g/mol. The molecular formula is C26H20ClN3O4S. The molecule has 0 unspecified atom stereocenters. The second kappa shape index (κ2) is 9.05. The van der Waals surface area contributed by atoms with Crippen molar-refractivity contribution in [2.45, 2.75) is 11.8 Å². The van der Waals surface area contributed by atoms with Gasteiger partial charge in [-0.05, 0) is 71.5 Å². The molecule has 2 heterocycles. The Kier molecular flexibility index (Phi) is 5.92. The number of sulfonamides is 1. The second-order valence-corrected chi connectivity index (χ2v) is 10.1. The standard InChI is InChI=1S/C26H20ClN3O4S/c1-17-13-18(4-7-23(17)27)19-5-8-24(25(15-19)33-2)30(26-10-12-34-29-26)35(31,32)22-6-3-21-16-28-11-9-20(21)14-22/h3-16H,1-2H3. The first kappa shape index (κ1) is 22.9. The first-order valence-electron chi connectivity index (χ1n) is 10.6. The van der Waals surface area contributed by atoms with E-state index in [0.717, 1.165) is 31.8 Å². The molecule has 5 aromatic rings. The maximum atomic E-state index is 13.9. The first-order valence-corrected chi connectivity index (χ1v) is 12.4. The molecule has 0 saturated heterocycles. The zero-order chi connectivity index (χ0) is 24.6. The van der Waals surface area contributed by atoms with Crippen molar-refractivity contribution in [3.8, 4) is 16.9 Å². The van der Waals surface area contributed by atoms with Gasteiger partial charge in [-0.2, -0.15) is 0 Å². The van der Waals surface area contributed by atoms with Crippen molar-refractivity contribution in [1.82, 2.24) is 10.1 Å². The number of fused-ring (bicyclic) bond motifs is 1. The molecule has 7 nitrogen and oxygen atoms in total. The lowest BCUT2D eigenvalue weighted by atomic mass is 10.0. The van der Waals surface area contributed by atoms with E-state index in [1.165, 1.54) is 19.4 Å². The molecule has 0 amide bonds. The van der Waals surface area contributed by atoms with Crippen LogP contribution in [0, 0.1) is 6.92 Å². The van der Waals surface area contributed by atoms with Crippen LogP contribution in [0.3, 0.4) is 0 Å². The van der Waals surface area contributed by atoms with Crippen LogP contribution in [-0.2, 0) is 10.0 Å². The summed E-state index contributed by atoms with van der Waals surface area (Å²) in [5.41, 5.74) is 3.01. The van der Waals surface area contributed by atoms with Gasteiger partial charge in [-0.1, -0.05) is 35.0 Å². The van der Waals surface area contributed by atoms with E-state index in [1.54, 1.807) is 48.8 Å². The highest BCUT2D eigenvalue weighted by atomic mass is 35.5. The number of benzene rings is 3. The average Bonchev–Trinajstić information content (AvgIpc) is 3.39. The Morgan fingerprint density at radius 1 is 0.943 bits per heavy atom. The van der Waals surface area contributed by atoms with Crippen LogP contribution in [-0.4, -0.2) is 25.7 Å². The van der Waals surface area contributed by atoms with E-state index in [-0.39, 0.29) is 10.7 Å². The average molecular weight is 506 g/mol. The van der Waals surface area contributed by atoms with Crippen LogP contribution in [0.15, 0.2) is 94.8 Å². The van der Waals surface area contributed by atoms with Crippen molar-refractivity contribution in [2.24, 2.45) is 0 Å². The van der Waals surface area contributed by atoms with Gasteiger partial charge in [0, 0.05) is 28.9 Å². The zero-order valence-corrected chi connectivity index (χ0v) is 20.4. The van der Waals surface area contributed by atoms with Crippen molar-refractivity contribution in [2.75, 3.05) is 11.4 Å². The maximum Gasteiger partial charge on any atom is 0.270 e. The van der Waals surface area contributed by atoms with Gasteiger partial charge in [0.2, 0.25) is 0 Å². The van der Waals surface area contributed by atoms with Crippen molar-refractivity contribution in [3.05, 3.63) is 96.0 Å². The number of aryl methyl sites for hydroxylation is 1. The topological polar surface area (TPSA) is 85.5 Å². The third kappa shape index (κ3) is 4.22. The highest BCUT2D eigenvalue weighted by molar-refractivity contribution is 7.93. The van der Waals surface area contributed by atoms with Gasteiger partial charge in [-0.15, -0.1) is 0 Å². The number of hydrogen-bond donors (Lipinski definition) is 0. The van der Waals surface area contributed by atoms with Gasteiger partial charge in [0.15, 0.2) is 5.82 Å². The van der Waals surface area contributed by atoms with Crippen LogP contribution in [0.2, 0.25) is 5.02 Å². The van der Waals surface area contributed by atoms with E-state index in [1.807, 2.05) is 31.2 Å². The molecule has 9 heteroatoms. The molecule has 0 aliphatic heterocycles. The summed E-state index contributed by atoms with van der Waals surface area (Å²) in [6, 6.07) is 19.1. The van der Waals surface area contributed by atoms with E-state index in [9.17, 15) is 8.42 Å². The molecule has 35 heavy (non-hydrogen) atoms. The van der Waals surface area contributed by atoms with E-state index in [4.69, 9.17) is 20.9 Å². The molecule has 5 rings (SSSR count). The van der Waals surface area contributed by atoms with Crippen molar-refractivity contribution < 1.29 is 17.7 Å². The second-order valence-electron chi connectivity index (χ2n) is 7.86. The molecule has 0 fully saturated rings. The Labute approximate surface area is 207 Å². The lowest BCUT2D eigenvalue weighted by Gasteiger charge is -2.24. The molecule has 0 radical (unpaired) electrons. The van der Waals surface area contributed by atoms with Crippen LogP contribution in [0.4, 0.5) is 11.5 Å². The summed E-state index contributed by atoms with van der Waals surface area (Å²) in [5.74, 6) is 0.458. The van der Waals surface area contributed by atoms with E-state index >= 15 is 0 Å². The number of halogens is 1. The number of ether oxygens (including phenoxy) is 1. The van der Waals surface area contributed by atoms with Crippen LogP contribution >= 0.6 is 11.6 Å². The highest BCUT2D eigenvalue weighted by Crippen LogP contribution is 2.40. The van der Waals surface area contributed by atoms with E-state index in [2.05, 4.69) is 10.1 Å². The maximum absolute atomic E-state index is 13.9. The molecule has 0 spiro atoms. The molecule has 0 aliphatic rings. The summed E-state index contributed by atoms with van der Waals surface area (Å²) >= 11 is 6.18. The lowest BCUT2D eigenvalue weighted by molar-refractivity contribution is 0.414. The van der Waals surface area contributed by atoms with Gasteiger partial charge >= 0.3 is 0 Å². The number of aromatic nitrogens is 2. The Hall–Kier alpha value is -3.88. The number of nitrogens with zero attached hydrogens (tertiary/aromatic N) is 3. The minimum Gasteiger partial charge on any atom is -0.495 e. The molecule has 0 N–H and O–H groups in total. The van der Waals surface area contributed by atoms with Gasteiger partial charge in [0.05, 0.1) is 12.0 Å². The van der Waals surface area contributed by atoms with Gasteiger partial charge in [-0.3, -0.25) is 4.98 Å². The summed E-state index contributed by atoms with van der Waals surface area (Å²) in [6.45, 7) is 1.93. The van der Waals surface area contributed by atoms with Crippen LogP contribution in [0.25, 0.3) is 21.9 Å². The third-order valence-corrected chi connectivity index (χ3v) is 7.81. The predicted molar refractivity (Wildman–Crippen MR) is 136 cm³/mol. The van der Waals surface area contributed by atoms with Crippen molar-refractivity contribution in [3.63, 3.8) is 0 Å². The number of methoxy groups -OCH3 is 1. The fourth-order valence-electron chi connectivity index (χ4n) is 3.86. The normalized spacial score (nSPS) is 11.5. The Morgan fingerprint density at radius 3 is 2.49 bits per heavy atom. The Bertz CT molecular complexity index is 1640. The predicted octanol–water partition coefficient (Wildman–Crippen LogP) is 6.39. The molecule has 0 bridgehead atoms. The molecule has 2 aromatic heterocycles. The third-order valence-electron chi connectivity index (χ3n) is 5.67. The summed E-state index contributed by atoms with van der Waals surface area (Å²) in [6.07, 6.45) is 4.62. The lowest BCUT2D eigenvalue weighted by Crippen LogP contribution is -2.27. The van der Waals surface area contributed by atoms with Crippen molar-refractivity contribution in [1.29, 1.82) is 0 Å². The molecule has 0 aliphatic carbocycles. The Balaban J connectivity index is 1.66. The summed E-state index contributed by atoms with van der Waals surface area (Å²) < 4.78 is 39.6. The van der Waals surface area contributed by atoms with E-state index in [0.29, 0.717) is 16.5 Å². The van der Waals surface area contributed by atoms with Crippen LogP contribution in [0.5, 0.6) is 5.75 Å². The zero-order valence-electron chi connectivity index (χ0n) is 18.8. The summed E-state index contributed by atoms with van der Waals surface area (Å²) in [7, 11) is -2.61. The van der Waals surface area contributed by atoms with Gasteiger partial charge < -0.3 is 9.26 Å². The van der Waals surface area contributed by atoms with Crippen LogP contribution < -0.4 is 9.04 Å². The molecule has 176 valence electrons. The SMILES string of the molecule is COc1cc(-c2ccc(Cl)c(C)c2)ccc1N(c1ccon1)S(=O)(=O)c1ccc2cnccc2c1. The van der Waals surface area contributed by atoms with Crippen LogP contribution in [0.1, 0.15) is 5.56 Å². The fraction of sp³-hybridized carbons (Fsp3) is 0.0769. The minimum absolute atomic E-state index is 0.0960. The fourth-order valence-corrected chi connectivity index (χ4v) is 5.46.